The van der Waals surface area contributed by atoms with Crippen molar-refractivity contribution in [2.24, 2.45) is 0 Å². The fourth-order valence-electron chi connectivity index (χ4n) is 2.69. The second-order valence-electron chi connectivity index (χ2n) is 5.50. The zero-order valence-electron chi connectivity index (χ0n) is 12.0. The highest BCUT2D eigenvalue weighted by atomic mass is 16.1. The highest BCUT2D eigenvalue weighted by Gasteiger charge is 2.12. The van der Waals surface area contributed by atoms with E-state index in [1.54, 1.807) is 0 Å². The molecule has 1 heterocycles. The van der Waals surface area contributed by atoms with Crippen LogP contribution in [0.2, 0.25) is 0 Å². The van der Waals surface area contributed by atoms with Gasteiger partial charge >= 0.3 is 0 Å². The molecule has 0 aliphatic carbocycles. The Morgan fingerprint density at radius 1 is 1.16 bits per heavy atom. The predicted octanol–water partition coefficient (Wildman–Crippen LogP) is 3.88. The maximum atomic E-state index is 12.1. The Kier molecular flexibility index (Phi) is 5.59. The third kappa shape index (κ3) is 4.17. The average Bonchev–Trinajstić information content (AvgIpc) is 2.46. The van der Waals surface area contributed by atoms with Crippen molar-refractivity contribution < 1.29 is 4.79 Å². The van der Waals surface area contributed by atoms with E-state index >= 15 is 0 Å². The third-order valence-electron chi connectivity index (χ3n) is 3.92. The van der Waals surface area contributed by atoms with Gasteiger partial charge in [-0.15, -0.1) is 0 Å². The maximum Gasteiger partial charge on any atom is 0.162 e. The van der Waals surface area contributed by atoms with E-state index in [1.165, 1.54) is 36.8 Å². The second-order valence-corrected chi connectivity index (χ2v) is 5.50. The first kappa shape index (κ1) is 14.3. The molecule has 2 heteroatoms. The first-order valence-corrected chi connectivity index (χ1v) is 7.67. The number of carbonyl (C=O) groups excluding carboxylic acids is 1. The summed E-state index contributed by atoms with van der Waals surface area (Å²) in [6.45, 7) is 4.18. The molecule has 0 atom stereocenters. The number of fused-ring (bicyclic) bond motifs is 1. The molecular formula is C17H25NO. The first-order valence-electron chi connectivity index (χ1n) is 7.67. The summed E-state index contributed by atoms with van der Waals surface area (Å²) in [6, 6.07) is 6.24. The zero-order valence-corrected chi connectivity index (χ0v) is 12.0. The summed E-state index contributed by atoms with van der Waals surface area (Å²) >= 11 is 0. The molecule has 0 unspecified atom stereocenters. The number of rotatable bonds is 7. The van der Waals surface area contributed by atoms with Crippen LogP contribution in [0.1, 0.15) is 66.9 Å². The molecule has 1 aliphatic heterocycles. The molecule has 0 saturated carbocycles. The number of nitrogens with one attached hydrogen (secondary N) is 1. The number of ketones is 1. The summed E-state index contributed by atoms with van der Waals surface area (Å²) < 4.78 is 0. The van der Waals surface area contributed by atoms with Crippen molar-refractivity contribution in [1.82, 2.24) is 5.32 Å². The second kappa shape index (κ2) is 7.44. The van der Waals surface area contributed by atoms with Crippen LogP contribution in [-0.2, 0) is 13.0 Å². The van der Waals surface area contributed by atoms with Crippen LogP contribution in [0.15, 0.2) is 18.2 Å². The van der Waals surface area contributed by atoms with E-state index < -0.39 is 0 Å². The molecule has 0 aromatic heterocycles. The van der Waals surface area contributed by atoms with E-state index in [9.17, 15) is 4.79 Å². The smallest absolute Gasteiger partial charge is 0.162 e. The summed E-state index contributed by atoms with van der Waals surface area (Å²) in [7, 11) is 0. The van der Waals surface area contributed by atoms with E-state index in [0.29, 0.717) is 12.2 Å². The summed E-state index contributed by atoms with van der Waals surface area (Å²) in [4.78, 5) is 12.1. The molecule has 0 amide bonds. The van der Waals surface area contributed by atoms with Crippen LogP contribution in [0.4, 0.5) is 0 Å². The lowest BCUT2D eigenvalue weighted by molar-refractivity contribution is 0.0979. The molecule has 1 aromatic carbocycles. The zero-order chi connectivity index (χ0) is 13.5. The van der Waals surface area contributed by atoms with E-state index in [2.05, 4.69) is 24.4 Å². The molecule has 1 N–H and O–H groups in total. The number of carbonyl (C=O) groups is 1. The van der Waals surface area contributed by atoms with Crippen molar-refractivity contribution in [3.8, 4) is 0 Å². The Labute approximate surface area is 116 Å². The molecule has 1 aliphatic rings. The minimum Gasteiger partial charge on any atom is -0.312 e. The van der Waals surface area contributed by atoms with Gasteiger partial charge in [-0.2, -0.15) is 0 Å². The minimum absolute atomic E-state index is 0.310. The molecule has 2 nitrogen and oxygen atoms in total. The van der Waals surface area contributed by atoms with Crippen LogP contribution in [0, 0.1) is 0 Å². The van der Waals surface area contributed by atoms with Gasteiger partial charge in [0.1, 0.15) is 0 Å². The van der Waals surface area contributed by atoms with Gasteiger partial charge in [-0.05, 0) is 36.6 Å². The van der Waals surface area contributed by atoms with Gasteiger partial charge in [0.2, 0.25) is 0 Å². The lowest BCUT2D eigenvalue weighted by Gasteiger charge is -2.17. The molecular weight excluding hydrogens is 234 g/mol. The normalized spacial score (nSPS) is 14.2. The van der Waals surface area contributed by atoms with Crippen LogP contribution < -0.4 is 5.32 Å². The Morgan fingerprint density at radius 3 is 2.84 bits per heavy atom. The third-order valence-corrected chi connectivity index (χ3v) is 3.92. The topological polar surface area (TPSA) is 29.1 Å². The SMILES string of the molecule is CCCCCCCC(=O)c1ccc2c(c1)CNCC2. The highest BCUT2D eigenvalue weighted by molar-refractivity contribution is 5.96. The average molecular weight is 259 g/mol. The molecule has 0 fully saturated rings. The minimum atomic E-state index is 0.310. The summed E-state index contributed by atoms with van der Waals surface area (Å²) in [5.41, 5.74) is 3.61. The number of hydrogen-bond acceptors (Lipinski definition) is 2. The van der Waals surface area contributed by atoms with Crippen LogP contribution in [0.5, 0.6) is 0 Å². The van der Waals surface area contributed by atoms with E-state index in [4.69, 9.17) is 0 Å². The van der Waals surface area contributed by atoms with Gasteiger partial charge in [-0.25, -0.2) is 0 Å². The molecule has 0 spiro atoms. The Hall–Kier alpha value is -1.15. The molecule has 104 valence electrons. The van der Waals surface area contributed by atoms with Crippen LogP contribution in [-0.4, -0.2) is 12.3 Å². The Morgan fingerprint density at radius 2 is 2.00 bits per heavy atom. The fraction of sp³-hybridized carbons (Fsp3) is 0.588. The van der Waals surface area contributed by atoms with Gasteiger partial charge in [-0.3, -0.25) is 4.79 Å². The molecule has 0 bridgehead atoms. The lowest BCUT2D eigenvalue weighted by atomic mass is 9.95. The van der Waals surface area contributed by atoms with E-state index in [0.717, 1.165) is 31.5 Å². The van der Waals surface area contributed by atoms with Crippen molar-refractivity contribution in [3.05, 3.63) is 34.9 Å². The van der Waals surface area contributed by atoms with Gasteiger partial charge in [0.05, 0.1) is 0 Å². The largest absolute Gasteiger partial charge is 0.312 e. The Bertz CT molecular complexity index is 425. The standard InChI is InChI=1S/C17H25NO/c1-2-3-4-5-6-7-17(19)15-9-8-14-10-11-18-13-16(14)12-15/h8-9,12,18H,2-7,10-11,13H2,1H3. The summed E-state index contributed by atoms with van der Waals surface area (Å²) in [6.07, 6.45) is 7.82. The molecule has 2 rings (SSSR count). The van der Waals surface area contributed by atoms with Crippen molar-refractivity contribution in [2.75, 3.05) is 6.54 Å². The van der Waals surface area contributed by atoms with Crippen LogP contribution in [0.25, 0.3) is 0 Å². The van der Waals surface area contributed by atoms with Crippen molar-refractivity contribution in [3.63, 3.8) is 0 Å². The number of hydrogen-bond donors (Lipinski definition) is 1. The highest BCUT2D eigenvalue weighted by Crippen LogP contribution is 2.18. The number of Topliss-reactive ketones (excluding diaryl/α,β-unsaturated/α-hetero) is 1. The predicted molar refractivity (Wildman–Crippen MR) is 79.6 cm³/mol. The van der Waals surface area contributed by atoms with Gasteiger partial charge < -0.3 is 5.32 Å². The lowest BCUT2D eigenvalue weighted by Crippen LogP contribution is -2.23. The van der Waals surface area contributed by atoms with Gasteiger partial charge in [-0.1, -0.05) is 44.7 Å². The van der Waals surface area contributed by atoms with Gasteiger partial charge in [0.25, 0.3) is 0 Å². The number of benzene rings is 1. The summed E-state index contributed by atoms with van der Waals surface area (Å²) in [5.74, 6) is 0.310. The first-order chi connectivity index (χ1) is 9.31. The molecule has 1 aromatic rings. The Balaban J connectivity index is 1.85. The monoisotopic (exact) mass is 259 g/mol. The van der Waals surface area contributed by atoms with Crippen molar-refractivity contribution >= 4 is 5.78 Å². The van der Waals surface area contributed by atoms with Gasteiger partial charge in [0.15, 0.2) is 5.78 Å². The number of unbranched alkanes of at least 4 members (excludes halogenated alkanes) is 4. The molecule has 0 radical (unpaired) electrons. The fourth-order valence-corrected chi connectivity index (χ4v) is 2.69. The van der Waals surface area contributed by atoms with Crippen LogP contribution in [0.3, 0.4) is 0 Å². The maximum absolute atomic E-state index is 12.1. The van der Waals surface area contributed by atoms with E-state index in [1.807, 2.05) is 6.07 Å². The molecule has 0 saturated heterocycles. The van der Waals surface area contributed by atoms with Crippen molar-refractivity contribution in [1.29, 1.82) is 0 Å². The molecule has 19 heavy (non-hydrogen) atoms. The quantitative estimate of drug-likeness (QED) is 0.595. The van der Waals surface area contributed by atoms with E-state index in [-0.39, 0.29) is 0 Å². The van der Waals surface area contributed by atoms with Crippen molar-refractivity contribution in [2.45, 2.75) is 58.4 Å². The summed E-state index contributed by atoms with van der Waals surface area (Å²) in [5, 5.41) is 3.36. The van der Waals surface area contributed by atoms with Gasteiger partial charge in [0, 0.05) is 18.5 Å². The van der Waals surface area contributed by atoms with Crippen LogP contribution >= 0.6 is 0 Å².